The molecule has 13 heteroatoms. The summed E-state index contributed by atoms with van der Waals surface area (Å²) in [5, 5.41) is 25.9. The molecule has 246 valence electrons. The third-order valence-electron chi connectivity index (χ3n) is 7.66. The zero-order chi connectivity index (χ0) is 33.7. The van der Waals surface area contributed by atoms with Crippen molar-refractivity contribution in [1.29, 1.82) is 0 Å². The van der Waals surface area contributed by atoms with Gasteiger partial charge in [0.05, 0.1) is 30.3 Å². The molecule has 0 spiro atoms. The Morgan fingerprint density at radius 2 is 1.79 bits per heavy atom. The molecule has 0 aliphatic carbocycles. The van der Waals surface area contributed by atoms with Crippen LogP contribution in [0.4, 0.5) is 4.39 Å². The number of phenols is 1. The Labute approximate surface area is 271 Å². The Kier molecular flexibility index (Phi) is 10.1. The molecule has 3 aromatic carbocycles. The molecule has 2 heterocycles. The van der Waals surface area contributed by atoms with Gasteiger partial charge in [-0.15, -0.1) is 0 Å². The summed E-state index contributed by atoms with van der Waals surface area (Å²) in [7, 11) is -2.06. The van der Waals surface area contributed by atoms with Gasteiger partial charge in [0.15, 0.2) is 5.75 Å². The first-order valence-corrected chi connectivity index (χ1v) is 16.9. The number of carbonyl (C=O) groups excluding carboxylic acids is 2. The largest absolute Gasteiger partial charge is 0.505 e. The van der Waals surface area contributed by atoms with Gasteiger partial charge < -0.3 is 28.9 Å². The molecular formula is C34H36FN4O7P. The number of amides is 1. The van der Waals surface area contributed by atoms with Crippen molar-refractivity contribution >= 4 is 41.1 Å². The van der Waals surface area contributed by atoms with Crippen LogP contribution < -0.4 is 9.61 Å². The second-order valence-corrected chi connectivity index (χ2v) is 13.3. The molecule has 0 radical (unpaired) electrons. The van der Waals surface area contributed by atoms with Gasteiger partial charge in [0, 0.05) is 36.8 Å². The molecule has 0 aliphatic heterocycles. The molecule has 2 atom stereocenters. The maximum absolute atomic E-state index is 14.1. The molecule has 5 rings (SSSR count). The molecule has 0 bridgehead atoms. The number of nitrogens with zero attached hydrogens (tertiary/aromatic N) is 3. The zero-order valence-corrected chi connectivity index (χ0v) is 27.1. The number of nitrogens with one attached hydrogen (secondary N) is 1. The van der Waals surface area contributed by atoms with E-state index in [1.165, 1.54) is 27.8 Å². The van der Waals surface area contributed by atoms with Gasteiger partial charge in [0.25, 0.3) is 5.91 Å². The van der Waals surface area contributed by atoms with Crippen LogP contribution in [0.25, 0.3) is 21.7 Å². The van der Waals surface area contributed by atoms with E-state index in [-0.39, 0.29) is 60.4 Å². The van der Waals surface area contributed by atoms with Crippen LogP contribution in [0.15, 0.2) is 79.1 Å². The standard InChI is InChI=1S/C34H36FN4O7P/c1-4-45-34(43)22(2)37-47(44,46-25-10-6-5-7-11-25)19-9-18-38(3)32(41)28-26-12-8-17-36-30(26)31(40)29-27(28)21-39(33(29)42)20-23-13-15-24(35)16-14-23/h5-8,10-17,21-22,40,42H,4,9,18-20H2,1-3H3,(H,37,44)/t22-,47?/m0/s1. The maximum atomic E-state index is 14.1. The van der Waals surface area contributed by atoms with Crippen molar-refractivity contribution in [3.8, 4) is 17.4 Å². The van der Waals surface area contributed by atoms with Gasteiger partial charge in [-0.05, 0) is 56.2 Å². The Bertz CT molecular complexity index is 1950. The van der Waals surface area contributed by atoms with Crippen LogP contribution in [0.5, 0.6) is 17.4 Å². The van der Waals surface area contributed by atoms with E-state index in [9.17, 15) is 28.8 Å². The number of hydrogen-bond acceptors (Lipinski definition) is 8. The van der Waals surface area contributed by atoms with Crippen molar-refractivity contribution in [3.63, 3.8) is 0 Å². The van der Waals surface area contributed by atoms with E-state index >= 15 is 0 Å². The predicted octanol–water partition coefficient (Wildman–Crippen LogP) is 6.06. The molecule has 2 aromatic heterocycles. The normalized spacial score (nSPS) is 13.3. The number of carbonyl (C=O) groups is 2. The highest BCUT2D eigenvalue weighted by Crippen LogP contribution is 2.45. The Hall–Kier alpha value is -4.93. The molecule has 1 amide bonds. The number of para-hydroxylation sites is 1. The fourth-order valence-corrected chi connectivity index (χ4v) is 7.37. The van der Waals surface area contributed by atoms with Crippen molar-refractivity contribution in [2.24, 2.45) is 0 Å². The minimum atomic E-state index is -3.65. The topological polar surface area (TPSA) is 143 Å². The lowest BCUT2D eigenvalue weighted by molar-refractivity contribution is -0.144. The van der Waals surface area contributed by atoms with Crippen molar-refractivity contribution < 1.29 is 38.0 Å². The average Bonchev–Trinajstić information content (AvgIpc) is 3.37. The minimum Gasteiger partial charge on any atom is -0.505 e. The number of hydrogen-bond donors (Lipinski definition) is 3. The number of halogens is 1. The fourth-order valence-electron chi connectivity index (χ4n) is 5.38. The second-order valence-electron chi connectivity index (χ2n) is 11.1. The Balaban J connectivity index is 1.42. The maximum Gasteiger partial charge on any atom is 0.323 e. The van der Waals surface area contributed by atoms with Crippen LogP contribution in [-0.2, 0) is 20.6 Å². The third-order valence-corrected chi connectivity index (χ3v) is 9.85. The first-order chi connectivity index (χ1) is 22.5. The number of phenolic OH excluding ortho intramolecular Hbond substituents is 1. The van der Waals surface area contributed by atoms with E-state index in [1.54, 1.807) is 81.7 Å². The van der Waals surface area contributed by atoms with Gasteiger partial charge in [-0.25, -0.2) is 9.48 Å². The van der Waals surface area contributed by atoms with Crippen molar-refractivity contribution in [3.05, 3.63) is 96.1 Å². The summed E-state index contributed by atoms with van der Waals surface area (Å²) in [6.45, 7) is 3.70. The van der Waals surface area contributed by atoms with E-state index in [2.05, 4.69) is 10.1 Å². The molecule has 0 aliphatic rings. The minimum absolute atomic E-state index is 0.00855. The van der Waals surface area contributed by atoms with Gasteiger partial charge in [0.1, 0.15) is 23.1 Å². The van der Waals surface area contributed by atoms with Gasteiger partial charge in [-0.2, -0.15) is 0 Å². The molecule has 5 aromatic rings. The van der Waals surface area contributed by atoms with Gasteiger partial charge in [-0.1, -0.05) is 36.4 Å². The molecule has 47 heavy (non-hydrogen) atoms. The monoisotopic (exact) mass is 662 g/mol. The van der Waals surface area contributed by atoms with Crippen LogP contribution in [0.1, 0.15) is 36.2 Å². The summed E-state index contributed by atoms with van der Waals surface area (Å²) in [4.78, 5) is 32.1. The number of rotatable bonds is 13. The van der Waals surface area contributed by atoms with E-state index in [0.29, 0.717) is 22.1 Å². The number of benzene rings is 3. The third kappa shape index (κ3) is 7.40. The predicted molar refractivity (Wildman–Crippen MR) is 176 cm³/mol. The van der Waals surface area contributed by atoms with Crippen LogP contribution in [-0.4, -0.2) is 68.9 Å². The lowest BCUT2D eigenvalue weighted by Crippen LogP contribution is -2.36. The lowest BCUT2D eigenvalue weighted by atomic mass is 10.00. The van der Waals surface area contributed by atoms with Gasteiger partial charge >= 0.3 is 13.5 Å². The molecule has 3 N–H and O–H groups in total. The number of aromatic hydroxyl groups is 2. The van der Waals surface area contributed by atoms with E-state index < -0.39 is 31.3 Å². The SMILES string of the molecule is CCOC(=O)[C@H](C)NP(=O)(CCCN(C)C(=O)c1c2cccnc2c(O)c2c(O)n(Cc3ccc(F)cc3)cc12)Oc1ccccc1. The molecule has 11 nitrogen and oxygen atoms in total. The van der Waals surface area contributed by atoms with Gasteiger partial charge in [-0.3, -0.25) is 19.1 Å². The second kappa shape index (κ2) is 14.2. The van der Waals surface area contributed by atoms with Crippen molar-refractivity contribution in [2.45, 2.75) is 32.9 Å². The smallest absolute Gasteiger partial charge is 0.323 e. The number of fused-ring (bicyclic) bond motifs is 2. The molecule has 0 saturated heterocycles. The Morgan fingerprint density at radius 3 is 2.49 bits per heavy atom. The van der Waals surface area contributed by atoms with Crippen LogP contribution in [0, 0.1) is 5.82 Å². The number of esters is 1. The van der Waals surface area contributed by atoms with Crippen LogP contribution in [0.2, 0.25) is 0 Å². The quantitative estimate of drug-likeness (QED) is 0.101. The van der Waals surface area contributed by atoms with E-state index in [4.69, 9.17) is 9.26 Å². The van der Waals surface area contributed by atoms with Crippen LogP contribution >= 0.6 is 7.52 Å². The number of ether oxygens (including phenoxy) is 1. The van der Waals surface area contributed by atoms with Gasteiger partial charge in [0.2, 0.25) is 5.88 Å². The van der Waals surface area contributed by atoms with Crippen LogP contribution in [0.3, 0.4) is 0 Å². The fraction of sp³-hybridized carbons (Fsp3) is 0.265. The van der Waals surface area contributed by atoms with Crippen molar-refractivity contribution in [1.82, 2.24) is 19.5 Å². The molecular weight excluding hydrogens is 626 g/mol. The summed E-state index contributed by atoms with van der Waals surface area (Å²) in [5.74, 6) is -1.56. The number of pyridine rings is 1. The highest BCUT2D eigenvalue weighted by Gasteiger charge is 2.31. The first kappa shape index (κ1) is 33.4. The summed E-state index contributed by atoms with van der Waals surface area (Å²) in [6.07, 6.45) is 3.28. The molecule has 0 fully saturated rings. The lowest BCUT2D eigenvalue weighted by Gasteiger charge is -2.25. The number of aromatic nitrogens is 2. The highest BCUT2D eigenvalue weighted by atomic mass is 31.2. The van der Waals surface area contributed by atoms with E-state index in [0.717, 1.165) is 0 Å². The zero-order valence-electron chi connectivity index (χ0n) is 26.2. The van der Waals surface area contributed by atoms with E-state index in [1.807, 2.05) is 0 Å². The summed E-state index contributed by atoms with van der Waals surface area (Å²) < 4.78 is 39.9. The summed E-state index contributed by atoms with van der Waals surface area (Å²) in [6, 6.07) is 16.8. The average molecular weight is 663 g/mol. The summed E-state index contributed by atoms with van der Waals surface area (Å²) >= 11 is 0. The highest BCUT2D eigenvalue weighted by molar-refractivity contribution is 7.57. The summed E-state index contributed by atoms with van der Waals surface area (Å²) in [5.41, 5.74) is 1.06. The molecule has 1 unspecified atom stereocenters. The molecule has 0 saturated carbocycles. The first-order valence-electron chi connectivity index (χ1n) is 15.1. The Morgan fingerprint density at radius 1 is 1.06 bits per heavy atom. The van der Waals surface area contributed by atoms with Crippen molar-refractivity contribution in [2.75, 3.05) is 26.4 Å².